The highest BCUT2D eigenvalue weighted by Crippen LogP contribution is 2.23. The van der Waals surface area contributed by atoms with Crippen LogP contribution in [0.2, 0.25) is 0 Å². The first-order valence-electron chi connectivity index (χ1n) is 9.74. The molecule has 7 nitrogen and oxygen atoms in total. The van der Waals surface area contributed by atoms with Crippen molar-refractivity contribution in [3.05, 3.63) is 41.6 Å². The minimum atomic E-state index is -0.00194. The summed E-state index contributed by atoms with van der Waals surface area (Å²) in [5.41, 5.74) is 2.37. The number of unbranched alkanes of at least 4 members (excludes halogenated alkanes) is 1. The van der Waals surface area contributed by atoms with Crippen molar-refractivity contribution in [2.75, 3.05) is 23.3 Å². The van der Waals surface area contributed by atoms with Crippen LogP contribution < -0.4 is 15.5 Å². The van der Waals surface area contributed by atoms with Crippen LogP contribution >= 0.6 is 0 Å². The molecule has 28 heavy (non-hydrogen) atoms. The summed E-state index contributed by atoms with van der Waals surface area (Å²) < 4.78 is 0. The van der Waals surface area contributed by atoms with Gasteiger partial charge in [0.1, 0.15) is 5.82 Å². The molecule has 3 rings (SSSR count). The van der Waals surface area contributed by atoms with Crippen molar-refractivity contribution >= 4 is 23.4 Å². The van der Waals surface area contributed by atoms with E-state index in [1.807, 2.05) is 18.2 Å². The number of hydrogen-bond donors (Lipinski definition) is 2. The summed E-state index contributed by atoms with van der Waals surface area (Å²) in [6.45, 7) is 5.30. The van der Waals surface area contributed by atoms with Crippen molar-refractivity contribution in [1.29, 1.82) is 5.26 Å². The van der Waals surface area contributed by atoms with Gasteiger partial charge < -0.3 is 15.5 Å². The molecule has 0 saturated carbocycles. The summed E-state index contributed by atoms with van der Waals surface area (Å²) in [4.78, 5) is 22.9. The van der Waals surface area contributed by atoms with E-state index in [-0.39, 0.29) is 11.9 Å². The Kier molecular flexibility index (Phi) is 6.43. The third-order valence-electron chi connectivity index (χ3n) is 4.72. The number of nitrogens with one attached hydrogen (secondary N) is 2. The molecular weight excluding hydrogens is 352 g/mol. The van der Waals surface area contributed by atoms with Gasteiger partial charge >= 0.3 is 0 Å². The number of rotatable bonds is 7. The van der Waals surface area contributed by atoms with Crippen molar-refractivity contribution in [3.8, 4) is 6.07 Å². The molecule has 1 aliphatic rings. The minimum absolute atomic E-state index is 0.00194. The number of aromatic nitrogens is 2. The summed E-state index contributed by atoms with van der Waals surface area (Å²) in [5, 5.41) is 15.3. The topological polar surface area (TPSA) is 93.9 Å². The van der Waals surface area contributed by atoms with Crippen molar-refractivity contribution < 1.29 is 4.79 Å². The largest absolute Gasteiger partial charge is 0.354 e. The van der Waals surface area contributed by atoms with E-state index in [0.29, 0.717) is 11.5 Å². The van der Waals surface area contributed by atoms with Crippen LogP contribution in [0.3, 0.4) is 0 Å². The highest BCUT2D eigenvalue weighted by Gasteiger charge is 2.24. The van der Waals surface area contributed by atoms with E-state index in [0.717, 1.165) is 56.0 Å². The average molecular weight is 378 g/mol. The summed E-state index contributed by atoms with van der Waals surface area (Å²) in [6, 6.07) is 11.6. The summed E-state index contributed by atoms with van der Waals surface area (Å²) in [5.74, 6) is 1.40. The number of carbonyl (C=O) groups excluding carboxylic acids is 1. The van der Waals surface area contributed by atoms with Crippen molar-refractivity contribution in [3.63, 3.8) is 0 Å². The number of aryl methyl sites for hydroxylation is 1. The number of carbonyl (C=O) groups is 1. The summed E-state index contributed by atoms with van der Waals surface area (Å²) >= 11 is 0. The zero-order chi connectivity index (χ0) is 19.9. The van der Waals surface area contributed by atoms with Crippen LogP contribution in [0.4, 0.5) is 17.5 Å². The van der Waals surface area contributed by atoms with E-state index in [1.54, 1.807) is 19.1 Å². The first-order chi connectivity index (χ1) is 13.6. The standard InChI is InChI=1S/C21H26N6O/c1-3-4-7-18-12-20(27-10-9-19(14-27)23-15(2)28)26-21(25-18)24-17-8-5-6-16(11-17)13-22/h5-6,8,11-12,19H,3-4,7,9-10,14H2,1-2H3,(H,23,28)(H,24,25,26). The maximum Gasteiger partial charge on any atom is 0.229 e. The molecule has 0 spiro atoms. The molecule has 2 N–H and O–H groups in total. The Bertz CT molecular complexity index is 875. The molecule has 1 aromatic heterocycles. The second kappa shape index (κ2) is 9.18. The van der Waals surface area contributed by atoms with Crippen molar-refractivity contribution in [1.82, 2.24) is 15.3 Å². The molecule has 0 bridgehead atoms. The summed E-state index contributed by atoms with van der Waals surface area (Å²) in [7, 11) is 0. The third-order valence-corrected chi connectivity index (χ3v) is 4.72. The van der Waals surface area contributed by atoms with E-state index in [2.05, 4.69) is 33.5 Å². The Labute approximate surface area is 165 Å². The van der Waals surface area contributed by atoms with E-state index in [9.17, 15) is 4.79 Å². The van der Waals surface area contributed by atoms with Crippen LogP contribution in [0.1, 0.15) is 44.4 Å². The predicted molar refractivity (Wildman–Crippen MR) is 110 cm³/mol. The van der Waals surface area contributed by atoms with E-state index >= 15 is 0 Å². The number of anilines is 3. The highest BCUT2D eigenvalue weighted by atomic mass is 16.1. The Morgan fingerprint density at radius 3 is 2.96 bits per heavy atom. The smallest absolute Gasteiger partial charge is 0.229 e. The molecule has 1 amide bonds. The van der Waals surface area contributed by atoms with Crippen LogP contribution in [0.25, 0.3) is 0 Å². The monoisotopic (exact) mass is 378 g/mol. The Morgan fingerprint density at radius 1 is 1.36 bits per heavy atom. The molecule has 0 radical (unpaired) electrons. The third kappa shape index (κ3) is 5.19. The lowest BCUT2D eigenvalue weighted by molar-refractivity contribution is -0.119. The number of benzene rings is 1. The second-order valence-corrected chi connectivity index (χ2v) is 7.09. The molecule has 1 unspecified atom stereocenters. The van der Waals surface area contributed by atoms with E-state index in [1.165, 1.54) is 0 Å². The lowest BCUT2D eigenvalue weighted by Gasteiger charge is -2.19. The molecule has 1 aliphatic heterocycles. The van der Waals surface area contributed by atoms with Crippen LogP contribution in [0.15, 0.2) is 30.3 Å². The molecule has 1 atom stereocenters. The van der Waals surface area contributed by atoms with Gasteiger partial charge in [-0.3, -0.25) is 4.79 Å². The fourth-order valence-corrected chi connectivity index (χ4v) is 3.36. The molecule has 1 saturated heterocycles. The van der Waals surface area contributed by atoms with Crippen molar-refractivity contribution in [2.24, 2.45) is 0 Å². The molecule has 1 fully saturated rings. The lowest BCUT2D eigenvalue weighted by Crippen LogP contribution is -2.35. The van der Waals surface area contributed by atoms with Gasteiger partial charge in [0, 0.05) is 43.5 Å². The zero-order valence-electron chi connectivity index (χ0n) is 16.4. The second-order valence-electron chi connectivity index (χ2n) is 7.09. The van der Waals surface area contributed by atoms with Gasteiger partial charge in [-0.25, -0.2) is 4.98 Å². The maximum absolute atomic E-state index is 11.3. The fourth-order valence-electron chi connectivity index (χ4n) is 3.36. The number of nitriles is 1. The summed E-state index contributed by atoms with van der Waals surface area (Å²) in [6.07, 6.45) is 3.96. The molecule has 1 aromatic carbocycles. The first kappa shape index (κ1) is 19.6. The number of amides is 1. The molecular formula is C21H26N6O. The first-order valence-corrected chi connectivity index (χ1v) is 9.74. The van der Waals surface area contributed by atoms with Gasteiger partial charge in [0.05, 0.1) is 11.6 Å². The van der Waals surface area contributed by atoms with Crippen LogP contribution in [-0.4, -0.2) is 35.0 Å². The van der Waals surface area contributed by atoms with E-state index < -0.39 is 0 Å². The lowest BCUT2D eigenvalue weighted by atomic mass is 10.2. The van der Waals surface area contributed by atoms with Gasteiger partial charge in [-0.05, 0) is 37.5 Å². The maximum atomic E-state index is 11.3. The van der Waals surface area contributed by atoms with Gasteiger partial charge in [0.25, 0.3) is 0 Å². The molecule has 2 heterocycles. The quantitative estimate of drug-likeness (QED) is 0.769. The molecule has 146 valence electrons. The van der Waals surface area contributed by atoms with E-state index in [4.69, 9.17) is 10.2 Å². The average Bonchev–Trinajstić information content (AvgIpc) is 3.14. The van der Waals surface area contributed by atoms with Gasteiger partial charge in [-0.1, -0.05) is 19.4 Å². The highest BCUT2D eigenvalue weighted by molar-refractivity contribution is 5.73. The van der Waals surface area contributed by atoms with Gasteiger partial charge in [-0.15, -0.1) is 0 Å². The fraction of sp³-hybridized carbons (Fsp3) is 0.429. The van der Waals surface area contributed by atoms with Crippen LogP contribution in [-0.2, 0) is 11.2 Å². The van der Waals surface area contributed by atoms with Crippen molar-refractivity contribution in [2.45, 2.75) is 45.6 Å². The SMILES string of the molecule is CCCCc1cc(N2CCC(NC(C)=O)C2)nc(Nc2cccc(C#N)c2)n1. The Hall–Kier alpha value is -3.14. The molecule has 2 aromatic rings. The van der Waals surface area contributed by atoms with Crippen LogP contribution in [0, 0.1) is 11.3 Å². The van der Waals surface area contributed by atoms with Gasteiger partial charge in [-0.2, -0.15) is 10.2 Å². The van der Waals surface area contributed by atoms with Gasteiger partial charge in [0.15, 0.2) is 0 Å². The number of nitrogens with zero attached hydrogens (tertiary/aromatic N) is 4. The van der Waals surface area contributed by atoms with Crippen LogP contribution in [0.5, 0.6) is 0 Å². The van der Waals surface area contributed by atoms with Gasteiger partial charge in [0.2, 0.25) is 11.9 Å². The molecule has 0 aliphatic carbocycles. The minimum Gasteiger partial charge on any atom is -0.354 e. The predicted octanol–water partition coefficient (Wildman–Crippen LogP) is 3.15. The molecule has 7 heteroatoms. The Morgan fingerprint density at radius 2 is 2.21 bits per heavy atom. The zero-order valence-corrected chi connectivity index (χ0v) is 16.4. The number of hydrogen-bond acceptors (Lipinski definition) is 6. The Balaban J connectivity index is 1.82. The normalized spacial score (nSPS) is 15.9.